The van der Waals surface area contributed by atoms with Gasteiger partial charge in [-0.25, -0.2) is 14.2 Å². The van der Waals surface area contributed by atoms with E-state index in [0.717, 1.165) is 30.6 Å². The number of aryl methyl sites for hydroxylation is 1. The first-order valence-electron chi connectivity index (χ1n) is 16.5. The summed E-state index contributed by atoms with van der Waals surface area (Å²) in [6.07, 6.45) is 3.90. The summed E-state index contributed by atoms with van der Waals surface area (Å²) in [7, 11) is 4.07. The molecule has 49 heavy (non-hydrogen) atoms. The van der Waals surface area contributed by atoms with Crippen molar-refractivity contribution in [1.29, 1.82) is 0 Å². The number of pyridine rings is 1. The smallest absolute Gasteiger partial charge is 0.410 e. The Bertz CT molecular complexity index is 1840. The number of anilines is 1. The van der Waals surface area contributed by atoms with Gasteiger partial charge in [-0.1, -0.05) is 41.9 Å². The van der Waals surface area contributed by atoms with Gasteiger partial charge in [0.2, 0.25) is 0 Å². The van der Waals surface area contributed by atoms with Crippen LogP contribution in [0.2, 0.25) is 5.15 Å². The quantitative estimate of drug-likeness (QED) is 0.236. The molecule has 0 radical (unpaired) electrons. The number of halogens is 2. The summed E-state index contributed by atoms with van der Waals surface area (Å²) >= 11 is 6.07. The SMILES string of the molecule is CN(C)CC1(COc2nc(N3CCCn4nc(C(=O)N5CCN(C(=O)OCc6ccccc6)CC5)cc4C3)c3cnc(Cl)c(F)c3n2)CC1. The molecular formula is C34H39ClFN9O4. The van der Waals surface area contributed by atoms with E-state index in [0.29, 0.717) is 75.7 Å². The highest BCUT2D eigenvalue weighted by Crippen LogP contribution is 2.46. The maximum absolute atomic E-state index is 15.3. The van der Waals surface area contributed by atoms with Crippen molar-refractivity contribution in [3.8, 4) is 6.01 Å². The molecule has 3 aliphatic rings. The zero-order chi connectivity index (χ0) is 34.1. The lowest BCUT2D eigenvalue weighted by molar-refractivity contribution is 0.0539. The molecule has 4 aromatic rings. The Morgan fingerprint density at radius 2 is 1.78 bits per heavy atom. The highest BCUT2D eigenvalue weighted by molar-refractivity contribution is 6.30. The van der Waals surface area contributed by atoms with E-state index in [-0.39, 0.29) is 34.6 Å². The Kier molecular flexibility index (Phi) is 9.25. The minimum atomic E-state index is -0.723. The summed E-state index contributed by atoms with van der Waals surface area (Å²) < 4.78 is 28.7. The van der Waals surface area contributed by atoms with Gasteiger partial charge in [-0.15, -0.1) is 0 Å². The largest absolute Gasteiger partial charge is 0.463 e. The van der Waals surface area contributed by atoms with Gasteiger partial charge in [0.1, 0.15) is 17.9 Å². The Morgan fingerprint density at radius 1 is 1.02 bits per heavy atom. The number of carbonyl (C=O) groups excluding carboxylic acids is 2. The maximum Gasteiger partial charge on any atom is 0.410 e. The highest BCUT2D eigenvalue weighted by atomic mass is 35.5. The number of rotatable bonds is 9. The third kappa shape index (κ3) is 7.25. The lowest BCUT2D eigenvalue weighted by Gasteiger charge is -2.33. The van der Waals surface area contributed by atoms with Crippen molar-refractivity contribution in [3.63, 3.8) is 0 Å². The van der Waals surface area contributed by atoms with E-state index in [1.54, 1.807) is 15.9 Å². The molecule has 0 spiro atoms. The van der Waals surface area contributed by atoms with Crippen LogP contribution in [0.4, 0.5) is 15.0 Å². The van der Waals surface area contributed by atoms with Gasteiger partial charge < -0.3 is 29.1 Å². The van der Waals surface area contributed by atoms with Crippen molar-refractivity contribution < 1.29 is 23.5 Å². The normalized spacial score (nSPS) is 17.2. The number of benzene rings is 1. The number of ether oxygens (including phenoxy) is 2. The van der Waals surface area contributed by atoms with Crippen LogP contribution in [-0.4, -0.2) is 111 Å². The van der Waals surface area contributed by atoms with Crippen LogP contribution in [-0.2, 0) is 24.4 Å². The Labute approximate surface area is 288 Å². The number of nitrogens with zero attached hydrogens (tertiary/aromatic N) is 9. The number of aromatic nitrogens is 5. The Morgan fingerprint density at radius 3 is 2.51 bits per heavy atom. The first kappa shape index (κ1) is 33.0. The highest BCUT2D eigenvalue weighted by Gasteiger charge is 2.44. The van der Waals surface area contributed by atoms with Crippen LogP contribution in [0.25, 0.3) is 10.9 Å². The fourth-order valence-corrected chi connectivity index (χ4v) is 6.67. The van der Waals surface area contributed by atoms with Crippen LogP contribution in [0, 0.1) is 11.2 Å². The molecule has 1 saturated carbocycles. The van der Waals surface area contributed by atoms with E-state index in [4.69, 9.17) is 26.1 Å². The number of amides is 2. The second-order valence-corrected chi connectivity index (χ2v) is 13.7. The molecule has 13 nitrogen and oxygen atoms in total. The third-order valence-corrected chi connectivity index (χ3v) is 9.54. The maximum atomic E-state index is 15.3. The molecule has 2 fully saturated rings. The number of carbonyl (C=O) groups is 2. The Balaban J connectivity index is 1.04. The summed E-state index contributed by atoms with van der Waals surface area (Å²) in [4.78, 5) is 46.9. The predicted octanol–water partition coefficient (Wildman–Crippen LogP) is 4.24. The standard InChI is InChI=1S/C34H39ClFN9O4/c1-41(2)21-34(9-10-34)22-49-32-38-28-25(18-37-29(35)27(28)36)30(39-32)44-11-6-12-45-24(19-44)17-26(40-45)31(46)42-13-15-43(16-14-42)33(47)48-20-23-7-4-3-5-8-23/h3-5,7-8,17-18H,6,9-16,19-22H2,1-2H3. The fraction of sp³-hybridized carbons (Fsp3) is 0.471. The lowest BCUT2D eigenvalue weighted by Crippen LogP contribution is -2.50. The third-order valence-electron chi connectivity index (χ3n) is 9.28. The zero-order valence-electron chi connectivity index (χ0n) is 27.6. The van der Waals surface area contributed by atoms with Gasteiger partial charge in [-0.2, -0.15) is 15.1 Å². The molecule has 2 aliphatic heterocycles. The molecule has 258 valence electrons. The first-order chi connectivity index (χ1) is 23.7. The summed E-state index contributed by atoms with van der Waals surface area (Å²) in [6, 6.07) is 11.4. The minimum Gasteiger partial charge on any atom is -0.463 e. The van der Waals surface area contributed by atoms with Gasteiger partial charge in [0.05, 0.1) is 24.2 Å². The van der Waals surface area contributed by atoms with Crippen LogP contribution in [0.5, 0.6) is 6.01 Å². The number of piperazine rings is 1. The molecule has 5 heterocycles. The number of hydrogen-bond donors (Lipinski definition) is 0. The van der Waals surface area contributed by atoms with E-state index >= 15 is 4.39 Å². The van der Waals surface area contributed by atoms with Crippen LogP contribution < -0.4 is 9.64 Å². The van der Waals surface area contributed by atoms with Gasteiger partial charge in [-0.05, 0) is 45.0 Å². The monoisotopic (exact) mass is 691 g/mol. The predicted molar refractivity (Wildman–Crippen MR) is 180 cm³/mol. The molecule has 1 aromatic carbocycles. The summed E-state index contributed by atoms with van der Waals surface area (Å²) in [5.74, 6) is -0.432. The molecule has 0 unspecified atom stereocenters. The van der Waals surface area contributed by atoms with E-state index in [2.05, 4.69) is 20.0 Å². The van der Waals surface area contributed by atoms with Gasteiger partial charge >= 0.3 is 12.1 Å². The van der Waals surface area contributed by atoms with Gasteiger partial charge in [0, 0.05) is 57.4 Å². The van der Waals surface area contributed by atoms with Crippen LogP contribution in [0.1, 0.15) is 41.0 Å². The lowest BCUT2D eigenvalue weighted by atomic mass is 10.1. The number of fused-ring (bicyclic) bond motifs is 2. The second-order valence-electron chi connectivity index (χ2n) is 13.3. The summed E-state index contributed by atoms with van der Waals surface area (Å²) in [5.41, 5.74) is 2.16. The average Bonchev–Trinajstić information content (AvgIpc) is 3.81. The van der Waals surface area contributed by atoms with E-state index < -0.39 is 11.9 Å². The van der Waals surface area contributed by atoms with E-state index in [9.17, 15) is 9.59 Å². The van der Waals surface area contributed by atoms with Gasteiger partial charge in [0.15, 0.2) is 16.7 Å². The van der Waals surface area contributed by atoms with Crippen LogP contribution >= 0.6 is 11.6 Å². The van der Waals surface area contributed by atoms with Gasteiger partial charge in [-0.3, -0.25) is 9.48 Å². The summed E-state index contributed by atoms with van der Waals surface area (Å²) in [6.45, 7) is 4.58. The second kappa shape index (κ2) is 13.7. The fourth-order valence-electron chi connectivity index (χ4n) is 6.53. The average molecular weight is 692 g/mol. The topological polar surface area (TPSA) is 122 Å². The molecule has 0 atom stereocenters. The molecule has 2 amide bonds. The zero-order valence-corrected chi connectivity index (χ0v) is 28.4. The van der Waals surface area contributed by atoms with Crippen molar-refractivity contribution in [2.45, 2.75) is 39.0 Å². The van der Waals surface area contributed by atoms with E-state index in [1.807, 2.05) is 54.0 Å². The van der Waals surface area contributed by atoms with Crippen molar-refractivity contribution in [1.82, 2.24) is 39.4 Å². The van der Waals surface area contributed by atoms with Gasteiger partial charge in [0.25, 0.3) is 5.91 Å². The van der Waals surface area contributed by atoms with Crippen LogP contribution in [0.15, 0.2) is 42.6 Å². The first-order valence-corrected chi connectivity index (χ1v) is 16.9. The Hall–Kier alpha value is -4.56. The molecule has 0 N–H and O–H groups in total. The van der Waals surface area contributed by atoms with Crippen molar-refractivity contribution in [3.05, 3.63) is 70.5 Å². The van der Waals surface area contributed by atoms with E-state index in [1.165, 1.54) is 6.20 Å². The molecule has 0 bridgehead atoms. The molecule has 1 saturated heterocycles. The molecule has 15 heteroatoms. The molecule has 7 rings (SSSR count). The van der Waals surface area contributed by atoms with Crippen molar-refractivity contribution in [2.75, 3.05) is 64.9 Å². The summed E-state index contributed by atoms with van der Waals surface area (Å²) in [5, 5.41) is 4.82. The molecule has 3 aromatic heterocycles. The van der Waals surface area contributed by atoms with Crippen molar-refractivity contribution >= 4 is 40.3 Å². The van der Waals surface area contributed by atoms with Crippen molar-refractivity contribution in [2.24, 2.45) is 5.41 Å². The van der Waals surface area contributed by atoms with Crippen LogP contribution in [0.3, 0.4) is 0 Å². The molecule has 1 aliphatic carbocycles. The number of hydrogen-bond acceptors (Lipinski definition) is 10. The minimum absolute atomic E-state index is 0.0345. The molecular weight excluding hydrogens is 653 g/mol.